The zero-order chi connectivity index (χ0) is 12.6. The van der Waals surface area contributed by atoms with E-state index in [1.54, 1.807) is 0 Å². The van der Waals surface area contributed by atoms with Crippen molar-refractivity contribution in [1.82, 2.24) is 15.0 Å². The molecule has 0 aliphatic rings. The third-order valence-electron chi connectivity index (χ3n) is 2.03. The fraction of sp³-hybridized carbons (Fsp3) is 0.111. The number of benzene rings is 1. The molecule has 1 aromatic heterocycles. The van der Waals surface area contributed by atoms with Crippen LogP contribution in [0.2, 0.25) is 5.02 Å². The van der Waals surface area contributed by atoms with Gasteiger partial charge < -0.3 is 5.73 Å². The van der Waals surface area contributed by atoms with Gasteiger partial charge in [-0.05, 0) is 18.2 Å². The molecule has 0 aliphatic heterocycles. The molecule has 0 saturated heterocycles. The lowest BCUT2D eigenvalue weighted by Gasteiger charge is -2.10. The lowest BCUT2D eigenvalue weighted by Crippen LogP contribution is -2.07. The summed E-state index contributed by atoms with van der Waals surface area (Å²) in [5.74, 6) is 0.119. The van der Waals surface area contributed by atoms with Gasteiger partial charge in [-0.15, -0.1) is 5.10 Å². The van der Waals surface area contributed by atoms with Crippen LogP contribution < -0.4 is 5.73 Å². The summed E-state index contributed by atoms with van der Waals surface area (Å²) in [5.41, 5.74) is 4.59. The second kappa shape index (κ2) is 3.92. The maximum atomic E-state index is 12.6. The minimum Gasteiger partial charge on any atom is -0.381 e. The maximum Gasteiger partial charge on any atom is 0.417 e. The van der Waals surface area contributed by atoms with Crippen molar-refractivity contribution < 1.29 is 13.2 Å². The van der Waals surface area contributed by atoms with Crippen molar-refractivity contribution in [3.05, 3.63) is 35.0 Å². The van der Waals surface area contributed by atoms with Gasteiger partial charge in [-0.2, -0.15) is 13.2 Å². The molecule has 0 atom stereocenters. The molecule has 4 nitrogen and oxygen atoms in total. The number of alkyl halides is 3. The molecule has 17 heavy (non-hydrogen) atoms. The van der Waals surface area contributed by atoms with Gasteiger partial charge >= 0.3 is 6.18 Å². The lowest BCUT2D eigenvalue weighted by molar-refractivity contribution is -0.137. The van der Waals surface area contributed by atoms with Crippen LogP contribution in [0, 0.1) is 0 Å². The first-order valence-corrected chi connectivity index (χ1v) is 4.80. The highest BCUT2D eigenvalue weighted by Crippen LogP contribution is 2.35. The van der Waals surface area contributed by atoms with Crippen LogP contribution in [0.4, 0.5) is 19.0 Å². The fourth-order valence-corrected chi connectivity index (χ4v) is 1.50. The number of aromatic nitrogens is 3. The average Bonchev–Trinajstić information content (AvgIpc) is 2.64. The van der Waals surface area contributed by atoms with Crippen molar-refractivity contribution in [2.24, 2.45) is 0 Å². The van der Waals surface area contributed by atoms with Crippen LogP contribution in [0.1, 0.15) is 5.56 Å². The maximum absolute atomic E-state index is 12.6. The van der Waals surface area contributed by atoms with Gasteiger partial charge in [0.2, 0.25) is 0 Å². The van der Waals surface area contributed by atoms with Crippen molar-refractivity contribution in [3.8, 4) is 5.69 Å². The summed E-state index contributed by atoms with van der Waals surface area (Å²) in [6.07, 6.45) is -3.21. The van der Waals surface area contributed by atoms with Gasteiger partial charge in [-0.25, -0.2) is 4.68 Å². The van der Waals surface area contributed by atoms with E-state index in [2.05, 4.69) is 10.3 Å². The Balaban J connectivity index is 2.51. The first-order chi connectivity index (χ1) is 7.88. The highest BCUT2D eigenvalue weighted by atomic mass is 35.5. The molecule has 90 valence electrons. The monoisotopic (exact) mass is 262 g/mol. The standard InChI is InChI=1S/C9H6ClF3N4/c10-7-2-1-5(3-6(7)9(11,12)13)17-4-8(14)15-16-17/h1-4H,14H2. The molecule has 2 N–H and O–H groups in total. The summed E-state index contributed by atoms with van der Waals surface area (Å²) < 4.78 is 38.9. The smallest absolute Gasteiger partial charge is 0.381 e. The molecule has 0 saturated carbocycles. The Kier molecular flexibility index (Phi) is 2.70. The number of nitrogens with two attached hydrogens (primary N) is 1. The predicted octanol–water partition coefficient (Wildman–Crippen LogP) is 2.52. The second-order valence-electron chi connectivity index (χ2n) is 3.25. The van der Waals surface area contributed by atoms with Crippen LogP contribution in [0.5, 0.6) is 0 Å². The van der Waals surface area contributed by atoms with Crippen molar-refractivity contribution in [1.29, 1.82) is 0 Å². The molecular weight excluding hydrogens is 257 g/mol. The summed E-state index contributed by atoms with van der Waals surface area (Å²) in [6, 6.07) is 3.43. The number of rotatable bonds is 1. The first-order valence-electron chi connectivity index (χ1n) is 4.43. The van der Waals surface area contributed by atoms with Crippen molar-refractivity contribution in [2.75, 3.05) is 5.73 Å². The van der Waals surface area contributed by atoms with E-state index < -0.39 is 11.7 Å². The number of nitrogen functional groups attached to an aromatic ring is 1. The van der Waals surface area contributed by atoms with Crippen LogP contribution in [0.25, 0.3) is 5.69 Å². The normalized spacial score (nSPS) is 11.8. The zero-order valence-corrected chi connectivity index (χ0v) is 9.00. The minimum atomic E-state index is -4.51. The van der Waals surface area contributed by atoms with Crippen molar-refractivity contribution >= 4 is 17.4 Å². The number of hydrogen-bond acceptors (Lipinski definition) is 3. The largest absolute Gasteiger partial charge is 0.417 e. The summed E-state index contributed by atoms with van der Waals surface area (Å²) in [5, 5.41) is 6.69. The molecule has 0 radical (unpaired) electrons. The first kappa shape index (κ1) is 11.7. The molecule has 0 aliphatic carbocycles. The third-order valence-corrected chi connectivity index (χ3v) is 2.36. The third kappa shape index (κ3) is 2.33. The molecule has 0 fully saturated rings. The molecule has 2 rings (SSSR count). The predicted molar refractivity (Wildman–Crippen MR) is 55.8 cm³/mol. The zero-order valence-electron chi connectivity index (χ0n) is 8.24. The average molecular weight is 263 g/mol. The van der Waals surface area contributed by atoms with E-state index in [1.165, 1.54) is 12.3 Å². The van der Waals surface area contributed by atoms with E-state index in [9.17, 15) is 13.2 Å². The topological polar surface area (TPSA) is 56.7 Å². The molecule has 1 aromatic carbocycles. The Morgan fingerprint density at radius 3 is 2.53 bits per heavy atom. The number of halogens is 4. The minimum absolute atomic E-state index is 0.119. The summed E-state index contributed by atoms with van der Waals surface area (Å²) in [4.78, 5) is 0. The van der Waals surface area contributed by atoms with Crippen molar-refractivity contribution in [2.45, 2.75) is 6.18 Å². The quantitative estimate of drug-likeness (QED) is 0.859. The number of hydrogen-bond donors (Lipinski definition) is 1. The van der Waals surface area contributed by atoms with Gasteiger partial charge in [0, 0.05) is 0 Å². The van der Waals surface area contributed by atoms with E-state index in [1.807, 2.05) is 0 Å². The van der Waals surface area contributed by atoms with E-state index in [0.29, 0.717) is 0 Å². The van der Waals surface area contributed by atoms with E-state index >= 15 is 0 Å². The summed E-state index contributed by atoms with van der Waals surface area (Å²) in [6.45, 7) is 0. The van der Waals surface area contributed by atoms with Gasteiger partial charge in [0.1, 0.15) is 0 Å². The lowest BCUT2D eigenvalue weighted by atomic mass is 10.2. The van der Waals surface area contributed by atoms with Crippen LogP contribution in [-0.4, -0.2) is 15.0 Å². The van der Waals surface area contributed by atoms with Gasteiger partial charge in [0.15, 0.2) is 5.82 Å². The second-order valence-corrected chi connectivity index (χ2v) is 3.66. The molecule has 0 unspecified atom stereocenters. The van der Waals surface area contributed by atoms with Gasteiger partial charge in [0.05, 0.1) is 22.5 Å². The molecule has 0 amide bonds. The Morgan fingerprint density at radius 2 is 2.00 bits per heavy atom. The summed E-state index contributed by atoms with van der Waals surface area (Å²) >= 11 is 5.48. The fourth-order valence-electron chi connectivity index (χ4n) is 1.28. The van der Waals surface area contributed by atoms with Gasteiger partial charge in [0.25, 0.3) is 0 Å². The van der Waals surface area contributed by atoms with E-state index in [-0.39, 0.29) is 16.5 Å². The van der Waals surface area contributed by atoms with Crippen LogP contribution in [-0.2, 0) is 6.18 Å². The van der Waals surface area contributed by atoms with Crippen LogP contribution in [0.15, 0.2) is 24.4 Å². The molecule has 0 bridgehead atoms. The molecule has 2 aromatic rings. The highest BCUT2D eigenvalue weighted by Gasteiger charge is 2.33. The van der Waals surface area contributed by atoms with Crippen LogP contribution >= 0.6 is 11.6 Å². The molecule has 0 spiro atoms. The van der Waals surface area contributed by atoms with Gasteiger partial charge in [-0.1, -0.05) is 16.8 Å². The van der Waals surface area contributed by atoms with E-state index in [0.717, 1.165) is 16.8 Å². The highest BCUT2D eigenvalue weighted by molar-refractivity contribution is 6.31. The Labute approximate surface area is 98.8 Å². The SMILES string of the molecule is Nc1cn(-c2ccc(Cl)c(C(F)(F)F)c2)nn1. The Morgan fingerprint density at radius 1 is 1.29 bits per heavy atom. The van der Waals surface area contributed by atoms with Crippen molar-refractivity contribution in [3.63, 3.8) is 0 Å². The number of anilines is 1. The number of nitrogens with zero attached hydrogens (tertiary/aromatic N) is 3. The molecule has 8 heteroatoms. The van der Waals surface area contributed by atoms with E-state index in [4.69, 9.17) is 17.3 Å². The Bertz CT molecular complexity index is 549. The Hall–Kier alpha value is -1.76. The summed E-state index contributed by atoms with van der Waals surface area (Å²) in [7, 11) is 0. The van der Waals surface area contributed by atoms with Gasteiger partial charge in [-0.3, -0.25) is 0 Å². The molecular formula is C9H6ClF3N4. The molecule has 1 heterocycles. The van der Waals surface area contributed by atoms with Crippen LogP contribution in [0.3, 0.4) is 0 Å².